The minimum Gasteiger partial charge on any atom is -0.350 e. The van der Waals surface area contributed by atoms with E-state index in [9.17, 15) is 4.79 Å². The molecule has 150 valence electrons. The Morgan fingerprint density at radius 1 is 0.966 bits per heavy atom. The van der Waals surface area contributed by atoms with Crippen LogP contribution in [0.25, 0.3) is 0 Å². The molecule has 0 aliphatic carbocycles. The summed E-state index contributed by atoms with van der Waals surface area (Å²) < 4.78 is 0. The SMILES string of the molecule is Cc1cccc(CNc2nc(C)cc(C(=O)Nc3ccc(C(C)(C)C)cc3)n2)c1. The second-order valence-electron chi connectivity index (χ2n) is 8.34. The number of aryl methyl sites for hydroxylation is 2. The molecule has 0 aliphatic heterocycles. The molecule has 2 N–H and O–H groups in total. The molecule has 1 heterocycles. The number of aromatic nitrogens is 2. The van der Waals surface area contributed by atoms with Crippen LogP contribution < -0.4 is 10.6 Å². The summed E-state index contributed by atoms with van der Waals surface area (Å²) in [5.41, 5.74) is 5.45. The highest BCUT2D eigenvalue weighted by Gasteiger charge is 2.14. The highest BCUT2D eigenvalue weighted by molar-refractivity contribution is 6.03. The first-order chi connectivity index (χ1) is 13.7. The van der Waals surface area contributed by atoms with Gasteiger partial charge in [0.05, 0.1) is 0 Å². The Balaban J connectivity index is 1.70. The van der Waals surface area contributed by atoms with Crippen LogP contribution in [0.2, 0.25) is 0 Å². The van der Waals surface area contributed by atoms with E-state index in [1.165, 1.54) is 11.1 Å². The summed E-state index contributed by atoms with van der Waals surface area (Å²) in [6, 6.07) is 17.8. The lowest BCUT2D eigenvalue weighted by molar-refractivity contribution is 0.102. The van der Waals surface area contributed by atoms with Crippen LogP contribution in [0.3, 0.4) is 0 Å². The first-order valence-corrected chi connectivity index (χ1v) is 9.78. The van der Waals surface area contributed by atoms with Crippen LogP contribution in [0.15, 0.2) is 54.6 Å². The minimum atomic E-state index is -0.252. The Kier molecular flexibility index (Phi) is 5.97. The summed E-state index contributed by atoms with van der Waals surface area (Å²) in [7, 11) is 0. The molecule has 0 atom stereocenters. The van der Waals surface area contributed by atoms with E-state index < -0.39 is 0 Å². The van der Waals surface area contributed by atoms with Crippen molar-refractivity contribution >= 4 is 17.5 Å². The van der Waals surface area contributed by atoms with Crippen molar-refractivity contribution in [2.24, 2.45) is 0 Å². The molecular weight excluding hydrogens is 360 g/mol. The predicted molar refractivity (Wildman–Crippen MR) is 118 cm³/mol. The van der Waals surface area contributed by atoms with Crippen molar-refractivity contribution in [2.45, 2.75) is 46.6 Å². The zero-order valence-corrected chi connectivity index (χ0v) is 17.7. The molecule has 5 nitrogen and oxygen atoms in total. The third-order valence-electron chi connectivity index (χ3n) is 4.63. The van der Waals surface area contributed by atoms with Gasteiger partial charge >= 0.3 is 0 Å². The lowest BCUT2D eigenvalue weighted by Gasteiger charge is -2.19. The molecule has 2 aromatic carbocycles. The first-order valence-electron chi connectivity index (χ1n) is 9.78. The number of nitrogens with zero attached hydrogens (tertiary/aromatic N) is 2. The highest BCUT2D eigenvalue weighted by atomic mass is 16.1. The van der Waals surface area contributed by atoms with Crippen molar-refractivity contribution in [1.82, 2.24) is 9.97 Å². The Labute approximate surface area is 172 Å². The lowest BCUT2D eigenvalue weighted by Crippen LogP contribution is -2.16. The van der Waals surface area contributed by atoms with Gasteiger partial charge in [0, 0.05) is 17.9 Å². The van der Waals surface area contributed by atoms with Gasteiger partial charge in [0.2, 0.25) is 5.95 Å². The summed E-state index contributed by atoms with van der Waals surface area (Å²) in [6.07, 6.45) is 0. The van der Waals surface area contributed by atoms with Gasteiger partial charge in [-0.25, -0.2) is 9.97 Å². The zero-order chi connectivity index (χ0) is 21.0. The zero-order valence-electron chi connectivity index (χ0n) is 17.7. The van der Waals surface area contributed by atoms with Crippen LogP contribution in [-0.4, -0.2) is 15.9 Å². The second kappa shape index (κ2) is 8.43. The average molecular weight is 389 g/mol. The summed E-state index contributed by atoms with van der Waals surface area (Å²) >= 11 is 0. The van der Waals surface area contributed by atoms with E-state index in [2.05, 4.69) is 60.4 Å². The van der Waals surface area contributed by atoms with Gasteiger partial charge in [0.1, 0.15) is 5.69 Å². The van der Waals surface area contributed by atoms with E-state index in [1.54, 1.807) is 6.07 Å². The number of benzene rings is 2. The number of amides is 1. The first kappa shape index (κ1) is 20.5. The van der Waals surface area contributed by atoms with Crippen molar-refractivity contribution in [3.63, 3.8) is 0 Å². The molecule has 0 bridgehead atoms. The third-order valence-corrected chi connectivity index (χ3v) is 4.63. The van der Waals surface area contributed by atoms with Gasteiger partial charge in [-0.3, -0.25) is 4.79 Å². The molecule has 0 spiro atoms. The number of rotatable bonds is 5. The molecular formula is C24H28N4O. The Hall–Kier alpha value is -3.21. The Morgan fingerprint density at radius 3 is 2.34 bits per heavy atom. The molecule has 0 unspecified atom stereocenters. The van der Waals surface area contributed by atoms with E-state index in [0.717, 1.165) is 16.9 Å². The summed E-state index contributed by atoms with van der Waals surface area (Å²) in [5, 5.41) is 6.13. The van der Waals surface area contributed by atoms with Gasteiger partial charge in [-0.2, -0.15) is 0 Å². The second-order valence-corrected chi connectivity index (χ2v) is 8.34. The molecule has 3 rings (SSSR count). The molecule has 0 aliphatic rings. The fourth-order valence-corrected chi connectivity index (χ4v) is 3.02. The Morgan fingerprint density at radius 2 is 1.69 bits per heavy atom. The van der Waals surface area contributed by atoms with Crippen molar-refractivity contribution in [2.75, 3.05) is 10.6 Å². The molecule has 0 saturated carbocycles. The van der Waals surface area contributed by atoms with Crippen molar-refractivity contribution < 1.29 is 4.79 Å². The quantitative estimate of drug-likeness (QED) is 0.626. The van der Waals surface area contributed by atoms with Crippen molar-refractivity contribution in [3.8, 4) is 0 Å². The van der Waals surface area contributed by atoms with Crippen LogP contribution in [0.4, 0.5) is 11.6 Å². The van der Waals surface area contributed by atoms with Gasteiger partial charge in [-0.1, -0.05) is 62.7 Å². The maximum atomic E-state index is 12.7. The summed E-state index contributed by atoms with van der Waals surface area (Å²) in [4.78, 5) is 21.5. The third kappa shape index (κ3) is 5.64. The van der Waals surface area contributed by atoms with Gasteiger partial charge in [0.25, 0.3) is 5.91 Å². The van der Waals surface area contributed by atoms with Crippen molar-refractivity contribution in [3.05, 3.63) is 82.7 Å². The van der Waals surface area contributed by atoms with E-state index in [4.69, 9.17) is 0 Å². The monoisotopic (exact) mass is 388 g/mol. The van der Waals surface area contributed by atoms with E-state index in [1.807, 2.05) is 43.3 Å². The van der Waals surface area contributed by atoms with Crippen LogP contribution in [-0.2, 0) is 12.0 Å². The number of carbonyl (C=O) groups is 1. The Bertz CT molecular complexity index is 1000. The van der Waals surface area contributed by atoms with Crippen LogP contribution >= 0.6 is 0 Å². The number of anilines is 2. The van der Waals surface area contributed by atoms with Gasteiger partial charge in [-0.15, -0.1) is 0 Å². The fraction of sp³-hybridized carbons (Fsp3) is 0.292. The molecule has 1 aromatic heterocycles. The molecule has 0 radical (unpaired) electrons. The van der Waals surface area contributed by atoms with E-state index in [0.29, 0.717) is 18.2 Å². The van der Waals surface area contributed by atoms with E-state index in [-0.39, 0.29) is 11.3 Å². The molecule has 0 fully saturated rings. The largest absolute Gasteiger partial charge is 0.350 e. The molecule has 3 aromatic rings. The lowest BCUT2D eigenvalue weighted by atomic mass is 9.87. The van der Waals surface area contributed by atoms with Gasteiger partial charge in [-0.05, 0) is 48.6 Å². The number of hydrogen-bond acceptors (Lipinski definition) is 4. The number of carbonyl (C=O) groups excluding carboxylic acids is 1. The maximum absolute atomic E-state index is 12.7. The summed E-state index contributed by atoms with van der Waals surface area (Å²) in [6.45, 7) is 11.0. The van der Waals surface area contributed by atoms with Crippen molar-refractivity contribution in [1.29, 1.82) is 0 Å². The van der Waals surface area contributed by atoms with Crippen LogP contribution in [0.5, 0.6) is 0 Å². The standard InChI is InChI=1S/C24H28N4O/c1-16-7-6-8-18(13-16)15-25-23-26-17(2)14-21(28-23)22(29)27-20-11-9-19(10-12-20)24(3,4)5/h6-14H,15H2,1-5H3,(H,27,29)(H,25,26,28). The molecule has 0 saturated heterocycles. The average Bonchev–Trinajstić information content (AvgIpc) is 2.66. The minimum absolute atomic E-state index is 0.0736. The molecule has 5 heteroatoms. The maximum Gasteiger partial charge on any atom is 0.274 e. The van der Waals surface area contributed by atoms with Gasteiger partial charge in [0.15, 0.2) is 0 Å². The highest BCUT2D eigenvalue weighted by Crippen LogP contribution is 2.23. The predicted octanol–water partition coefficient (Wildman–Crippen LogP) is 5.26. The van der Waals surface area contributed by atoms with Crippen LogP contribution in [0.1, 0.15) is 53.6 Å². The smallest absolute Gasteiger partial charge is 0.274 e. The van der Waals surface area contributed by atoms with Crippen LogP contribution in [0, 0.1) is 13.8 Å². The normalized spacial score (nSPS) is 11.2. The molecule has 1 amide bonds. The topological polar surface area (TPSA) is 66.9 Å². The fourth-order valence-electron chi connectivity index (χ4n) is 3.02. The summed E-state index contributed by atoms with van der Waals surface area (Å²) in [5.74, 6) is 0.192. The van der Waals surface area contributed by atoms with E-state index >= 15 is 0 Å². The number of nitrogens with one attached hydrogen (secondary N) is 2. The number of hydrogen-bond donors (Lipinski definition) is 2. The van der Waals surface area contributed by atoms with Gasteiger partial charge < -0.3 is 10.6 Å². The molecule has 29 heavy (non-hydrogen) atoms.